The molecule has 0 aliphatic heterocycles. The smallest absolute Gasteiger partial charge is 0.406 e. The molecule has 168 valence electrons. The highest BCUT2D eigenvalue weighted by atomic mass is 35.5. The molecule has 0 fully saturated rings. The van der Waals surface area contributed by atoms with Crippen molar-refractivity contribution in [1.82, 2.24) is 14.9 Å². The summed E-state index contributed by atoms with van der Waals surface area (Å²) in [5.41, 5.74) is 3.74. The van der Waals surface area contributed by atoms with E-state index >= 15 is 0 Å². The Bertz CT molecular complexity index is 1090. The standard InChI is InChI=1S/C18H15ClF3N7O2S/c19-12-3-1-11(2-4-12)9-24-26-16-27-28-17(29(16)23)32-10-15(30)25-13-5-7-14(8-6-13)31-18(20,21)22/h1-9H,10,23H2,(H,25,30)(H,26,27)/b24-9+. The van der Waals surface area contributed by atoms with E-state index < -0.39 is 12.3 Å². The number of hydrogen-bond donors (Lipinski definition) is 3. The number of benzene rings is 2. The molecule has 4 N–H and O–H groups in total. The van der Waals surface area contributed by atoms with Gasteiger partial charge in [-0.1, -0.05) is 35.5 Å². The fourth-order valence-electron chi connectivity index (χ4n) is 2.23. The van der Waals surface area contributed by atoms with Gasteiger partial charge < -0.3 is 15.9 Å². The number of nitrogens with two attached hydrogens (primary N) is 1. The van der Waals surface area contributed by atoms with Gasteiger partial charge in [0.25, 0.3) is 5.95 Å². The van der Waals surface area contributed by atoms with Crippen LogP contribution in [-0.2, 0) is 4.79 Å². The molecule has 1 amide bonds. The van der Waals surface area contributed by atoms with E-state index in [9.17, 15) is 18.0 Å². The van der Waals surface area contributed by atoms with Crippen molar-refractivity contribution in [2.24, 2.45) is 5.10 Å². The van der Waals surface area contributed by atoms with E-state index in [2.05, 4.69) is 30.8 Å². The quantitative estimate of drug-likeness (QED) is 0.192. The van der Waals surface area contributed by atoms with Crippen LogP contribution < -0.4 is 21.3 Å². The van der Waals surface area contributed by atoms with Gasteiger partial charge in [-0.2, -0.15) is 5.10 Å². The molecule has 0 saturated carbocycles. The van der Waals surface area contributed by atoms with Crippen LogP contribution in [0.5, 0.6) is 5.75 Å². The third-order valence-electron chi connectivity index (χ3n) is 3.62. The number of anilines is 2. The number of rotatable bonds is 8. The molecule has 0 atom stereocenters. The predicted molar refractivity (Wildman–Crippen MR) is 115 cm³/mol. The number of nitrogens with zero attached hydrogens (tertiary/aromatic N) is 4. The number of hydrazone groups is 1. The molecule has 3 aromatic rings. The van der Waals surface area contributed by atoms with E-state index in [1.807, 2.05) is 0 Å². The molecule has 0 radical (unpaired) electrons. The summed E-state index contributed by atoms with van der Waals surface area (Å²) in [7, 11) is 0. The zero-order valence-corrected chi connectivity index (χ0v) is 17.6. The summed E-state index contributed by atoms with van der Waals surface area (Å²) in [4.78, 5) is 12.1. The van der Waals surface area contributed by atoms with Crippen LogP contribution in [0.4, 0.5) is 24.8 Å². The van der Waals surface area contributed by atoms with Crippen LogP contribution in [0.15, 0.2) is 58.8 Å². The molecule has 0 unspecified atom stereocenters. The third kappa shape index (κ3) is 7.06. The van der Waals surface area contributed by atoms with Crippen molar-refractivity contribution in [2.75, 3.05) is 22.3 Å². The van der Waals surface area contributed by atoms with Gasteiger partial charge in [-0.25, -0.2) is 10.1 Å². The van der Waals surface area contributed by atoms with E-state index in [-0.39, 0.29) is 22.6 Å². The minimum atomic E-state index is -4.78. The number of nitrogens with one attached hydrogen (secondary N) is 2. The van der Waals surface area contributed by atoms with Crippen molar-refractivity contribution in [2.45, 2.75) is 11.5 Å². The average Bonchev–Trinajstić information content (AvgIpc) is 3.08. The van der Waals surface area contributed by atoms with Crippen LogP contribution in [0.2, 0.25) is 5.02 Å². The molecule has 1 heterocycles. The lowest BCUT2D eigenvalue weighted by Gasteiger charge is -2.09. The molecule has 1 aromatic heterocycles. The van der Waals surface area contributed by atoms with Crippen LogP contribution in [0.25, 0.3) is 0 Å². The van der Waals surface area contributed by atoms with Crippen molar-refractivity contribution in [3.8, 4) is 5.75 Å². The summed E-state index contributed by atoms with van der Waals surface area (Å²) in [5, 5.41) is 15.1. The summed E-state index contributed by atoms with van der Waals surface area (Å²) in [5.74, 6) is 5.17. The molecule has 14 heteroatoms. The lowest BCUT2D eigenvalue weighted by molar-refractivity contribution is -0.274. The summed E-state index contributed by atoms with van der Waals surface area (Å²) >= 11 is 6.83. The van der Waals surface area contributed by atoms with Crippen molar-refractivity contribution in [3.05, 3.63) is 59.1 Å². The molecular formula is C18H15ClF3N7O2S. The molecule has 0 saturated heterocycles. The number of aromatic nitrogens is 3. The van der Waals surface area contributed by atoms with Gasteiger partial charge in [-0.15, -0.1) is 23.4 Å². The van der Waals surface area contributed by atoms with Crippen LogP contribution in [0, 0.1) is 0 Å². The number of nitrogen functional groups attached to an aromatic ring is 1. The highest BCUT2D eigenvalue weighted by Crippen LogP contribution is 2.24. The van der Waals surface area contributed by atoms with Gasteiger partial charge in [-0.3, -0.25) is 4.79 Å². The Hall–Kier alpha value is -3.45. The highest BCUT2D eigenvalue weighted by molar-refractivity contribution is 7.99. The fraction of sp³-hybridized carbons (Fsp3) is 0.111. The molecule has 0 aliphatic carbocycles. The normalized spacial score (nSPS) is 11.5. The molecule has 3 rings (SSSR count). The van der Waals surface area contributed by atoms with E-state index in [1.165, 1.54) is 18.3 Å². The first kappa shape index (κ1) is 23.2. The lowest BCUT2D eigenvalue weighted by atomic mass is 10.2. The van der Waals surface area contributed by atoms with Crippen LogP contribution >= 0.6 is 23.4 Å². The lowest BCUT2D eigenvalue weighted by Crippen LogP contribution is -2.18. The Balaban J connectivity index is 1.48. The largest absolute Gasteiger partial charge is 0.573 e. The van der Waals surface area contributed by atoms with Crippen LogP contribution in [0.1, 0.15) is 5.56 Å². The number of carbonyl (C=O) groups excluding carboxylic acids is 1. The maximum absolute atomic E-state index is 12.2. The number of halogens is 4. The first-order chi connectivity index (χ1) is 15.2. The van der Waals surface area contributed by atoms with Gasteiger partial charge in [0.2, 0.25) is 11.1 Å². The van der Waals surface area contributed by atoms with E-state index in [1.54, 1.807) is 24.3 Å². The van der Waals surface area contributed by atoms with Gasteiger partial charge in [0.15, 0.2) is 0 Å². The minimum absolute atomic E-state index is 0.0653. The van der Waals surface area contributed by atoms with Crippen molar-refractivity contribution < 1.29 is 22.7 Å². The molecular weight excluding hydrogens is 471 g/mol. The topological polar surface area (TPSA) is 119 Å². The molecule has 0 aliphatic rings. The van der Waals surface area contributed by atoms with Crippen molar-refractivity contribution >= 4 is 47.1 Å². The summed E-state index contributed by atoms with van der Waals surface area (Å²) in [6, 6.07) is 11.8. The van der Waals surface area contributed by atoms with Crippen LogP contribution in [0.3, 0.4) is 0 Å². The molecule has 0 bridgehead atoms. The zero-order chi connectivity index (χ0) is 23.1. The average molecular weight is 486 g/mol. The van der Waals surface area contributed by atoms with E-state index in [0.29, 0.717) is 10.7 Å². The molecule has 9 nitrogen and oxygen atoms in total. The van der Waals surface area contributed by atoms with Gasteiger partial charge in [0.1, 0.15) is 5.75 Å². The van der Waals surface area contributed by atoms with Crippen molar-refractivity contribution in [1.29, 1.82) is 0 Å². The second-order valence-corrected chi connectivity index (χ2v) is 7.39. The second kappa shape index (κ2) is 10.2. The number of ether oxygens (including phenoxy) is 1. The Kier molecular flexibility index (Phi) is 7.43. The van der Waals surface area contributed by atoms with Gasteiger partial charge in [0, 0.05) is 10.7 Å². The number of hydrogen-bond acceptors (Lipinski definition) is 8. The minimum Gasteiger partial charge on any atom is -0.406 e. The highest BCUT2D eigenvalue weighted by Gasteiger charge is 2.30. The Morgan fingerprint density at radius 1 is 1.19 bits per heavy atom. The first-order valence-electron chi connectivity index (χ1n) is 8.73. The number of carbonyl (C=O) groups is 1. The number of alkyl halides is 3. The monoisotopic (exact) mass is 485 g/mol. The molecule has 0 spiro atoms. The number of amides is 1. The predicted octanol–water partition coefficient (Wildman–Crippen LogP) is 3.72. The van der Waals surface area contributed by atoms with E-state index in [4.69, 9.17) is 17.4 Å². The maximum atomic E-state index is 12.2. The van der Waals surface area contributed by atoms with Gasteiger partial charge in [-0.05, 0) is 42.0 Å². The first-order valence-corrected chi connectivity index (χ1v) is 10.1. The maximum Gasteiger partial charge on any atom is 0.573 e. The summed E-state index contributed by atoms with van der Waals surface area (Å²) in [6.45, 7) is 0. The summed E-state index contributed by atoms with van der Waals surface area (Å²) < 4.78 is 41.4. The fourth-order valence-corrected chi connectivity index (χ4v) is 3.01. The Morgan fingerprint density at radius 3 is 2.53 bits per heavy atom. The molecule has 32 heavy (non-hydrogen) atoms. The van der Waals surface area contributed by atoms with E-state index in [0.717, 1.165) is 34.1 Å². The van der Waals surface area contributed by atoms with Gasteiger partial charge in [0.05, 0.1) is 12.0 Å². The van der Waals surface area contributed by atoms with Gasteiger partial charge >= 0.3 is 6.36 Å². The molecule has 2 aromatic carbocycles. The Labute approximate surface area is 188 Å². The second-order valence-electron chi connectivity index (χ2n) is 6.01. The zero-order valence-electron chi connectivity index (χ0n) is 16.0. The van der Waals surface area contributed by atoms with Crippen molar-refractivity contribution in [3.63, 3.8) is 0 Å². The number of thioether (sulfide) groups is 1. The summed E-state index contributed by atoms with van der Waals surface area (Å²) in [6.07, 6.45) is -3.25. The SMILES string of the molecule is Nn1c(N/N=C/c2ccc(Cl)cc2)nnc1SCC(=O)Nc1ccc(OC(F)(F)F)cc1. The van der Waals surface area contributed by atoms with Crippen LogP contribution in [-0.4, -0.2) is 39.1 Å². The Morgan fingerprint density at radius 2 is 1.88 bits per heavy atom. The third-order valence-corrected chi connectivity index (χ3v) is 4.81.